The van der Waals surface area contributed by atoms with E-state index in [0.717, 1.165) is 19.3 Å². The number of unbranched alkanes of at least 4 members (excludes halogenated alkanes) is 7. The van der Waals surface area contributed by atoms with Gasteiger partial charge in [0, 0.05) is 18.8 Å². The molecule has 2 unspecified atom stereocenters. The molecule has 1 fully saturated rings. The second-order valence-electron chi connectivity index (χ2n) is 6.33. The van der Waals surface area contributed by atoms with Gasteiger partial charge in [-0.15, -0.1) is 0 Å². The summed E-state index contributed by atoms with van der Waals surface area (Å²) in [5, 5.41) is 9.40. The predicted molar refractivity (Wildman–Crippen MR) is 82.1 cm³/mol. The van der Waals surface area contributed by atoms with E-state index in [1.165, 1.54) is 38.5 Å². The molecule has 1 heterocycles. The summed E-state index contributed by atoms with van der Waals surface area (Å²) in [6, 6.07) is 0. The van der Waals surface area contributed by atoms with Crippen LogP contribution in [-0.2, 0) is 14.3 Å². The van der Waals surface area contributed by atoms with Crippen molar-refractivity contribution < 1.29 is 19.4 Å². The monoisotopic (exact) mass is 298 g/mol. The van der Waals surface area contributed by atoms with E-state index in [1.54, 1.807) is 0 Å². The highest BCUT2D eigenvalue weighted by molar-refractivity contribution is 5.85. The summed E-state index contributed by atoms with van der Waals surface area (Å²) in [5.41, 5.74) is -1.27. The first-order valence-corrected chi connectivity index (χ1v) is 8.48. The third-order valence-electron chi connectivity index (χ3n) is 4.65. The molecular formula is C17H30O4. The van der Waals surface area contributed by atoms with Crippen LogP contribution in [0.5, 0.6) is 0 Å². The molecule has 1 aliphatic heterocycles. The van der Waals surface area contributed by atoms with E-state index in [-0.39, 0.29) is 18.3 Å². The zero-order chi connectivity index (χ0) is 15.7. The number of carboxylic acid groups (broad SMARTS) is 1. The lowest BCUT2D eigenvalue weighted by molar-refractivity contribution is -0.175. The lowest BCUT2D eigenvalue weighted by Crippen LogP contribution is -2.44. The standard InChI is InChI=1S/C17H30O4/c1-3-4-5-6-7-8-9-10-11-14(2)17(16(19)20)13-12-15(18)21-17/h14H,3-13H2,1-2H3,(H,19,20). The molecule has 0 aromatic carbocycles. The number of aliphatic carboxylic acids is 1. The van der Waals surface area contributed by atoms with Crippen LogP contribution in [0, 0.1) is 5.92 Å². The number of hydrogen-bond acceptors (Lipinski definition) is 3. The molecule has 1 saturated heterocycles. The Hall–Kier alpha value is -1.06. The molecule has 0 aromatic heterocycles. The minimum absolute atomic E-state index is 0.110. The molecule has 0 bridgehead atoms. The van der Waals surface area contributed by atoms with Crippen molar-refractivity contribution in [1.82, 2.24) is 0 Å². The van der Waals surface area contributed by atoms with Gasteiger partial charge >= 0.3 is 11.9 Å². The molecule has 0 amide bonds. The molecule has 21 heavy (non-hydrogen) atoms. The van der Waals surface area contributed by atoms with E-state index in [0.29, 0.717) is 6.42 Å². The van der Waals surface area contributed by atoms with E-state index in [2.05, 4.69) is 6.92 Å². The summed E-state index contributed by atoms with van der Waals surface area (Å²) in [6.07, 6.45) is 11.2. The summed E-state index contributed by atoms with van der Waals surface area (Å²) >= 11 is 0. The highest BCUT2D eigenvalue weighted by Gasteiger charge is 2.51. The maximum Gasteiger partial charge on any atom is 0.348 e. The Balaban J connectivity index is 2.21. The van der Waals surface area contributed by atoms with Crippen molar-refractivity contribution in [2.24, 2.45) is 5.92 Å². The number of hydrogen-bond donors (Lipinski definition) is 1. The van der Waals surface area contributed by atoms with Gasteiger partial charge in [0.15, 0.2) is 0 Å². The molecule has 4 nitrogen and oxygen atoms in total. The largest absolute Gasteiger partial charge is 0.478 e. The minimum Gasteiger partial charge on any atom is -0.478 e. The summed E-state index contributed by atoms with van der Waals surface area (Å²) in [4.78, 5) is 22.8. The molecule has 1 N–H and O–H groups in total. The van der Waals surface area contributed by atoms with E-state index < -0.39 is 11.6 Å². The van der Waals surface area contributed by atoms with Crippen LogP contribution in [0.15, 0.2) is 0 Å². The second kappa shape index (κ2) is 9.06. The van der Waals surface area contributed by atoms with Gasteiger partial charge in [0.05, 0.1) is 0 Å². The number of carbonyl (C=O) groups excluding carboxylic acids is 1. The number of rotatable bonds is 11. The van der Waals surface area contributed by atoms with Crippen LogP contribution < -0.4 is 0 Å². The first kappa shape index (κ1) is 18.0. The van der Waals surface area contributed by atoms with Crippen LogP contribution in [0.1, 0.15) is 84.5 Å². The third-order valence-corrected chi connectivity index (χ3v) is 4.65. The molecule has 4 heteroatoms. The number of carbonyl (C=O) groups is 2. The van der Waals surface area contributed by atoms with Crippen molar-refractivity contribution in [3.63, 3.8) is 0 Å². The normalized spacial score (nSPS) is 23.0. The molecule has 0 saturated carbocycles. The first-order chi connectivity index (χ1) is 10.0. The quantitative estimate of drug-likeness (QED) is 0.456. The zero-order valence-electron chi connectivity index (χ0n) is 13.5. The highest BCUT2D eigenvalue weighted by atomic mass is 16.6. The van der Waals surface area contributed by atoms with Crippen LogP contribution in [0.3, 0.4) is 0 Å². The van der Waals surface area contributed by atoms with E-state index >= 15 is 0 Å². The first-order valence-electron chi connectivity index (χ1n) is 8.48. The fraction of sp³-hybridized carbons (Fsp3) is 0.882. The summed E-state index contributed by atoms with van der Waals surface area (Å²) in [5.74, 6) is -1.47. The second-order valence-corrected chi connectivity index (χ2v) is 6.33. The third kappa shape index (κ3) is 5.33. The van der Waals surface area contributed by atoms with Crippen molar-refractivity contribution in [2.45, 2.75) is 90.1 Å². The molecule has 122 valence electrons. The van der Waals surface area contributed by atoms with Gasteiger partial charge in [-0.25, -0.2) is 4.79 Å². The van der Waals surface area contributed by atoms with Crippen LogP contribution in [0.25, 0.3) is 0 Å². The van der Waals surface area contributed by atoms with Gasteiger partial charge in [-0.2, -0.15) is 0 Å². The van der Waals surface area contributed by atoms with Gasteiger partial charge in [-0.1, -0.05) is 65.2 Å². The summed E-state index contributed by atoms with van der Waals surface area (Å²) < 4.78 is 5.16. The number of cyclic esters (lactones) is 1. The van der Waals surface area contributed by atoms with Crippen LogP contribution in [0.2, 0.25) is 0 Å². The fourth-order valence-corrected chi connectivity index (χ4v) is 3.12. The van der Waals surface area contributed by atoms with Gasteiger partial charge in [0.1, 0.15) is 0 Å². The van der Waals surface area contributed by atoms with Gasteiger partial charge in [0.2, 0.25) is 5.60 Å². The smallest absolute Gasteiger partial charge is 0.348 e. The molecule has 0 spiro atoms. The van der Waals surface area contributed by atoms with Gasteiger partial charge in [-0.05, 0) is 6.42 Å². The van der Waals surface area contributed by atoms with Crippen molar-refractivity contribution >= 4 is 11.9 Å². The Bertz CT molecular complexity index is 340. The Labute approximate surface area is 128 Å². The Kier molecular flexibility index (Phi) is 7.76. The molecule has 0 aliphatic carbocycles. The van der Waals surface area contributed by atoms with E-state index in [1.807, 2.05) is 6.92 Å². The van der Waals surface area contributed by atoms with Crippen molar-refractivity contribution in [1.29, 1.82) is 0 Å². The Morgan fingerprint density at radius 2 is 1.76 bits per heavy atom. The van der Waals surface area contributed by atoms with E-state index in [4.69, 9.17) is 4.74 Å². The van der Waals surface area contributed by atoms with Crippen molar-refractivity contribution in [2.75, 3.05) is 0 Å². The van der Waals surface area contributed by atoms with Crippen molar-refractivity contribution in [3.8, 4) is 0 Å². The van der Waals surface area contributed by atoms with Crippen LogP contribution in [0.4, 0.5) is 0 Å². The topological polar surface area (TPSA) is 63.6 Å². The molecule has 1 rings (SSSR count). The average molecular weight is 298 g/mol. The van der Waals surface area contributed by atoms with Gasteiger partial charge < -0.3 is 9.84 Å². The number of esters is 1. The summed E-state index contributed by atoms with van der Waals surface area (Å²) in [6.45, 7) is 4.11. The van der Waals surface area contributed by atoms with Gasteiger partial charge in [0.25, 0.3) is 0 Å². The molecule has 0 aromatic rings. The fourth-order valence-electron chi connectivity index (χ4n) is 3.12. The average Bonchev–Trinajstić information content (AvgIpc) is 2.85. The predicted octanol–water partition coefficient (Wildman–Crippen LogP) is 4.31. The molecular weight excluding hydrogens is 268 g/mol. The minimum atomic E-state index is -1.27. The van der Waals surface area contributed by atoms with Crippen LogP contribution in [-0.4, -0.2) is 22.6 Å². The van der Waals surface area contributed by atoms with Gasteiger partial charge in [-0.3, -0.25) is 4.79 Å². The summed E-state index contributed by atoms with van der Waals surface area (Å²) in [7, 11) is 0. The van der Waals surface area contributed by atoms with E-state index in [9.17, 15) is 14.7 Å². The lowest BCUT2D eigenvalue weighted by Gasteiger charge is -2.29. The Morgan fingerprint density at radius 3 is 2.24 bits per heavy atom. The SMILES string of the molecule is CCCCCCCCCCC(C)C1(C(=O)O)CCC(=O)O1. The van der Waals surface area contributed by atoms with Crippen LogP contribution >= 0.6 is 0 Å². The Morgan fingerprint density at radius 1 is 1.19 bits per heavy atom. The maximum absolute atomic E-state index is 11.5. The zero-order valence-corrected chi connectivity index (χ0v) is 13.5. The molecule has 2 atom stereocenters. The number of ether oxygens (including phenoxy) is 1. The highest BCUT2D eigenvalue weighted by Crippen LogP contribution is 2.36. The molecule has 0 radical (unpaired) electrons. The van der Waals surface area contributed by atoms with Crippen molar-refractivity contribution in [3.05, 3.63) is 0 Å². The number of carboxylic acids is 1. The lowest BCUT2D eigenvalue weighted by atomic mass is 9.82. The maximum atomic E-state index is 11.5. The molecule has 1 aliphatic rings.